The Labute approximate surface area is 111 Å². The van der Waals surface area contributed by atoms with Crippen LogP contribution in [0.2, 0.25) is 0 Å². The molecular weight excluding hydrogens is 252 g/mol. The highest BCUT2D eigenvalue weighted by Crippen LogP contribution is 2.21. The summed E-state index contributed by atoms with van der Waals surface area (Å²) in [7, 11) is 1.73. The summed E-state index contributed by atoms with van der Waals surface area (Å²) in [5.74, 6) is -0.826. The van der Waals surface area contributed by atoms with E-state index in [-0.39, 0.29) is 6.73 Å². The van der Waals surface area contributed by atoms with E-state index in [9.17, 15) is 4.79 Å². The van der Waals surface area contributed by atoms with Crippen LogP contribution in [0.3, 0.4) is 0 Å². The molecule has 0 bridgehead atoms. The van der Waals surface area contributed by atoms with Crippen LogP contribution in [0.25, 0.3) is 0 Å². The lowest BCUT2D eigenvalue weighted by Crippen LogP contribution is -2.39. The second kappa shape index (κ2) is 7.35. The van der Waals surface area contributed by atoms with Crippen molar-refractivity contribution in [1.82, 2.24) is 4.90 Å². The van der Waals surface area contributed by atoms with Gasteiger partial charge in [0.1, 0.15) is 17.8 Å². The predicted octanol–water partition coefficient (Wildman–Crippen LogP) is 2.41. The van der Waals surface area contributed by atoms with E-state index in [4.69, 9.17) is 9.94 Å². The van der Waals surface area contributed by atoms with Crippen LogP contribution < -0.4 is 5.48 Å². The first-order valence-corrected chi connectivity index (χ1v) is 6.79. The largest absolute Gasteiger partial charge is 0.480 e. The highest BCUT2D eigenvalue weighted by atomic mass is 32.1. The number of rotatable bonds is 8. The molecule has 1 aromatic rings. The molecule has 0 aliphatic rings. The van der Waals surface area contributed by atoms with Crippen molar-refractivity contribution in [2.24, 2.45) is 0 Å². The number of nitrogens with one attached hydrogen (secondary N) is 1. The van der Waals surface area contributed by atoms with Crippen molar-refractivity contribution in [3.63, 3.8) is 0 Å². The summed E-state index contributed by atoms with van der Waals surface area (Å²) in [6, 6.07) is 3.49. The molecule has 1 atom stereocenters. The summed E-state index contributed by atoms with van der Waals surface area (Å²) >= 11 is 1.63. The standard InChI is InChI=1S/C12H20N2O3S/c1-4-9-6-7-11(18-9)13-17-8-14(3)10(5-2)12(15)16/h6-7,10,13H,4-5,8H2,1-3H3,(H,15,16). The molecule has 1 aromatic heterocycles. The van der Waals surface area contributed by atoms with Crippen LogP contribution in [-0.4, -0.2) is 35.8 Å². The van der Waals surface area contributed by atoms with Crippen LogP contribution in [0.5, 0.6) is 0 Å². The lowest BCUT2D eigenvalue weighted by atomic mass is 10.2. The van der Waals surface area contributed by atoms with Gasteiger partial charge in [0.15, 0.2) is 0 Å². The van der Waals surface area contributed by atoms with Crippen molar-refractivity contribution < 1.29 is 14.7 Å². The van der Waals surface area contributed by atoms with Gasteiger partial charge in [-0.3, -0.25) is 20.0 Å². The van der Waals surface area contributed by atoms with E-state index >= 15 is 0 Å². The van der Waals surface area contributed by atoms with Crippen molar-refractivity contribution in [2.45, 2.75) is 32.7 Å². The van der Waals surface area contributed by atoms with Crippen LogP contribution in [-0.2, 0) is 16.1 Å². The van der Waals surface area contributed by atoms with E-state index in [1.807, 2.05) is 19.1 Å². The van der Waals surface area contributed by atoms with E-state index in [1.54, 1.807) is 23.3 Å². The van der Waals surface area contributed by atoms with Crippen LogP contribution in [0, 0.1) is 0 Å². The van der Waals surface area contributed by atoms with Crippen molar-refractivity contribution >= 4 is 22.3 Å². The number of carboxylic acid groups (broad SMARTS) is 1. The van der Waals surface area contributed by atoms with Gasteiger partial charge in [-0.15, -0.1) is 11.3 Å². The van der Waals surface area contributed by atoms with E-state index in [0.717, 1.165) is 11.4 Å². The molecule has 5 nitrogen and oxygen atoms in total. The number of anilines is 1. The lowest BCUT2D eigenvalue weighted by Gasteiger charge is -2.22. The molecule has 6 heteroatoms. The Balaban J connectivity index is 2.34. The molecule has 0 spiro atoms. The SMILES string of the molecule is CCc1ccc(NOCN(C)C(CC)C(=O)O)s1. The summed E-state index contributed by atoms with van der Waals surface area (Å²) < 4.78 is 0. The van der Waals surface area contributed by atoms with Gasteiger partial charge < -0.3 is 5.11 Å². The molecule has 0 aromatic carbocycles. The first-order chi connectivity index (χ1) is 8.58. The van der Waals surface area contributed by atoms with Crippen molar-refractivity contribution in [3.8, 4) is 0 Å². The molecule has 2 N–H and O–H groups in total. The second-order valence-electron chi connectivity index (χ2n) is 4.01. The fourth-order valence-electron chi connectivity index (χ4n) is 1.59. The van der Waals surface area contributed by atoms with Gasteiger partial charge in [0.25, 0.3) is 0 Å². The highest BCUT2D eigenvalue weighted by Gasteiger charge is 2.20. The van der Waals surface area contributed by atoms with E-state index in [2.05, 4.69) is 12.4 Å². The molecule has 0 saturated heterocycles. The number of aryl methyl sites for hydroxylation is 1. The minimum atomic E-state index is -0.826. The Morgan fingerprint density at radius 2 is 2.28 bits per heavy atom. The summed E-state index contributed by atoms with van der Waals surface area (Å²) in [6.07, 6.45) is 1.55. The number of carboxylic acids is 1. The summed E-state index contributed by atoms with van der Waals surface area (Å²) in [5, 5.41) is 9.91. The molecule has 0 amide bonds. The number of hydrogen-bond donors (Lipinski definition) is 2. The molecule has 0 fully saturated rings. The molecular formula is C12H20N2O3S. The third-order valence-corrected chi connectivity index (χ3v) is 3.78. The number of nitrogens with zero attached hydrogens (tertiary/aromatic N) is 1. The number of likely N-dealkylation sites (N-methyl/N-ethyl adjacent to an activating group) is 1. The summed E-state index contributed by atoms with van der Waals surface area (Å²) in [6.45, 7) is 4.17. The molecule has 102 valence electrons. The van der Waals surface area contributed by atoms with Gasteiger partial charge in [-0.1, -0.05) is 13.8 Å². The first-order valence-electron chi connectivity index (χ1n) is 5.98. The second-order valence-corrected chi connectivity index (χ2v) is 5.18. The Kier molecular flexibility index (Phi) is 6.11. The monoisotopic (exact) mass is 272 g/mol. The smallest absolute Gasteiger partial charge is 0.320 e. The van der Waals surface area contributed by atoms with Crippen LogP contribution >= 0.6 is 11.3 Å². The fraction of sp³-hybridized carbons (Fsp3) is 0.583. The first kappa shape index (κ1) is 14.9. The molecule has 18 heavy (non-hydrogen) atoms. The third-order valence-electron chi connectivity index (χ3n) is 2.65. The van der Waals surface area contributed by atoms with Gasteiger partial charge in [-0.25, -0.2) is 0 Å². The highest BCUT2D eigenvalue weighted by molar-refractivity contribution is 7.16. The maximum absolute atomic E-state index is 10.9. The Morgan fingerprint density at radius 3 is 2.78 bits per heavy atom. The average Bonchev–Trinajstić information content (AvgIpc) is 2.77. The maximum Gasteiger partial charge on any atom is 0.320 e. The molecule has 1 unspecified atom stereocenters. The van der Waals surface area contributed by atoms with E-state index in [1.165, 1.54) is 4.88 Å². The molecule has 1 heterocycles. The summed E-state index contributed by atoms with van der Waals surface area (Å²) in [4.78, 5) is 19.2. The van der Waals surface area contributed by atoms with Gasteiger partial charge in [0.05, 0.1) is 0 Å². The van der Waals surface area contributed by atoms with Crippen molar-refractivity contribution in [2.75, 3.05) is 19.3 Å². The Morgan fingerprint density at radius 1 is 1.56 bits per heavy atom. The third kappa shape index (κ3) is 4.29. The quantitative estimate of drug-likeness (QED) is 0.562. The van der Waals surface area contributed by atoms with Crippen LogP contribution in [0.4, 0.5) is 5.00 Å². The normalized spacial score (nSPS) is 12.7. The maximum atomic E-state index is 10.9. The zero-order valence-electron chi connectivity index (χ0n) is 11.0. The summed E-state index contributed by atoms with van der Waals surface area (Å²) in [5.41, 5.74) is 2.83. The van der Waals surface area contributed by atoms with Crippen molar-refractivity contribution in [1.29, 1.82) is 0 Å². The molecule has 0 saturated carbocycles. The topological polar surface area (TPSA) is 61.8 Å². The molecule has 0 aliphatic heterocycles. The van der Waals surface area contributed by atoms with E-state index < -0.39 is 12.0 Å². The number of carbonyl (C=O) groups is 1. The number of hydrogen-bond acceptors (Lipinski definition) is 5. The zero-order valence-corrected chi connectivity index (χ0v) is 11.8. The van der Waals surface area contributed by atoms with Crippen LogP contribution in [0.15, 0.2) is 12.1 Å². The number of thiophene rings is 1. The Bertz CT molecular complexity index is 381. The van der Waals surface area contributed by atoms with Gasteiger partial charge >= 0.3 is 5.97 Å². The lowest BCUT2D eigenvalue weighted by molar-refractivity contribution is -0.144. The van der Waals surface area contributed by atoms with Gasteiger partial charge in [0, 0.05) is 4.88 Å². The van der Waals surface area contributed by atoms with Gasteiger partial charge in [-0.2, -0.15) is 0 Å². The molecule has 1 rings (SSSR count). The fourth-order valence-corrected chi connectivity index (χ4v) is 2.39. The molecule has 0 radical (unpaired) electrons. The minimum Gasteiger partial charge on any atom is -0.480 e. The van der Waals surface area contributed by atoms with E-state index in [0.29, 0.717) is 6.42 Å². The average molecular weight is 272 g/mol. The Hall–Kier alpha value is -1.11. The van der Waals surface area contributed by atoms with Crippen LogP contribution in [0.1, 0.15) is 25.1 Å². The van der Waals surface area contributed by atoms with Crippen molar-refractivity contribution in [3.05, 3.63) is 17.0 Å². The predicted molar refractivity (Wildman–Crippen MR) is 72.7 cm³/mol. The van der Waals surface area contributed by atoms with Gasteiger partial charge in [-0.05, 0) is 32.0 Å². The number of aliphatic carboxylic acids is 1. The zero-order chi connectivity index (χ0) is 13.5. The van der Waals surface area contributed by atoms with Gasteiger partial charge in [0.2, 0.25) is 0 Å². The minimum absolute atomic E-state index is 0.226. The molecule has 0 aliphatic carbocycles.